The summed E-state index contributed by atoms with van der Waals surface area (Å²) >= 11 is 0. The van der Waals surface area contributed by atoms with Gasteiger partial charge in [-0.2, -0.15) is 0 Å². The van der Waals surface area contributed by atoms with Gasteiger partial charge in [0, 0.05) is 11.8 Å². The summed E-state index contributed by atoms with van der Waals surface area (Å²) in [6.45, 7) is 4.00. The number of hydrogen-bond donors (Lipinski definition) is 1. The first-order valence-corrected chi connectivity index (χ1v) is 7.01. The second-order valence-electron chi connectivity index (χ2n) is 5.32. The number of hydrogen-bond acceptors (Lipinski definition) is 3. The summed E-state index contributed by atoms with van der Waals surface area (Å²) in [5.41, 5.74) is -0.263. The van der Waals surface area contributed by atoms with Crippen LogP contribution in [0, 0.1) is 5.41 Å². The average molecular weight is 304 g/mol. The standard InChI is InChI=1S/C15H19F3O3/c1-3-14(4-2)12(19)9-13(14)20-10-5-7-11(8-6-10)21-15(16,17)18/h5-8,12-13,19H,3-4,9H2,1-2H3. The maximum Gasteiger partial charge on any atom is 0.573 e. The van der Waals surface area contributed by atoms with Gasteiger partial charge in [0.15, 0.2) is 0 Å². The molecule has 1 aromatic rings. The molecule has 0 aliphatic heterocycles. The van der Waals surface area contributed by atoms with Crippen molar-refractivity contribution in [3.8, 4) is 11.5 Å². The minimum atomic E-state index is -4.69. The fourth-order valence-corrected chi connectivity index (χ4v) is 2.95. The van der Waals surface area contributed by atoms with Crippen molar-refractivity contribution in [2.75, 3.05) is 0 Å². The smallest absolute Gasteiger partial charge is 0.490 e. The zero-order valence-corrected chi connectivity index (χ0v) is 12.0. The number of benzene rings is 1. The number of aliphatic hydroxyl groups is 1. The molecule has 1 saturated carbocycles. The maximum absolute atomic E-state index is 12.1. The normalized spacial score (nSPS) is 24.3. The van der Waals surface area contributed by atoms with Crippen molar-refractivity contribution in [1.82, 2.24) is 0 Å². The minimum Gasteiger partial charge on any atom is -0.490 e. The topological polar surface area (TPSA) is 38.7 Å². The molecule has 6 heteroatoms. The van der Waals surface area contributed by atoms with E-state index in [2.05, 4.69) is 4.74 Å². The van der Waals surface area contributed by atoms with Crippen LogP contribution in [0.15, 0.2) is 24.3 Å². The van der Waals surface area contributed by atoms with Gasteiger partial charge in [0.25, 0.3) is 0 Å². The summed E-state index contributed by atoms with van der Waals surface area (Å²) < 4.78 is 45.8. The highest BCUT2D eigenvalue weighted by Crippen LogP contribution is 2.48. The second kappa shape index (κ2) is 5.75. The second-order valence-corrected chi connectivity index (χ2v) is 5.32. The Balaban J connectivity index is 2.01. The Morgan fingerprint density at radius 3 is 2.10 bits per heavy atom. The van der Waals surface area contributed by atoms with Crippen LogP contribution in [0.1, 0.15) is 33.1 Å². The summed E-state index contributed by atoms with van der Waals surface area (Å²) in [6.07, 6.45) is -3.06. The molecule has 2 unspecified atom stereocenters. The van der Waals surface area contributed by atoms with Crippen molar-refractivity contribution in [2.45, 2.75) is 51.7 Å². The van der Waals surface area contributed by atoms with E-state index >= 15 is 0 Å². The molecule has 0 saturated heterocycles. The van der Waals surface area contributed by atoms with Crippen LogP contribution in [0.3, 0.4) is 0 Å². The van der Waals surface area contributed by atoms with Gasteiger partial charge in [0.2, 0.25) is 0 Å². The van der Waals surface area contributed by atoms with Crippen molar-refractivity contribution in [2.24, 2.45) is 5.41 Å². The molecule has 1 fully saturated rings. The van der Waals surface area contributed by atoms with Gasteiger partial charge in [-0.3, -0.25) is 0 Å². The van der Waals surface area contributed by atoms with E-state index in [9.17, 15) is 18.3 Å². The number of ether oxygens (including phenoxy) is 2. The molecule has 0 heterocycles. The number of halogens is 3. The molecule has 0 bridgehead atoms. The lowest BCUT2D eigenvalue weighted by Gasteiger charge is -2.52. The van der Waals surface area contributed by atoms with Gasteiger partial charge >= 0.3 is 6.36 Å². The molecule has 1 aliphatic rings. The highest BCUT2D eigenvalue weighted by atomic mass is 19.4. The monoisotopic (exact) mass is 304 g/mol. The Morgan fingerprint density at radius 1 is 1.14 bits per heavy atom. The number of alkyl halides is 3. The third kappa shape index (κ3) is 3.26. The Bertz CT molecular complexity index is 466. The van der Waals surface area contributed by atoms with Crippen LogP contribution in [0.5, 0.6) is 11.5 Å². The number of rotatable bonds is 5. The molecular weight excluding hydrogens is 285 g/mol. The summed E-state index contributed by atoms with van der Waals surface area (Å²) in [5.74, 6) is 0.202. The molecule has 2 atom stereocenters. The van der Waals surface area contributed by atoms with E-state index in [4.69, 9.17) is 4.74 Å². The average Bonchev–Trinajstić information content (AvgIpc) is 2.40. The van der Waals surface area contributed by atoms with Crippen molar-refractivity contribution < 1.29 is 27.8 Å². The molecule has 0 aromatic heterocycles. The first-order valence-electron chi connectivity index (χ1n) is 7.01. The fraction of sp³-hybridized carbons (Fsp3) is 0.600. The van der Waals surface area contributed by atoms with Gasteiger partial charge in [-0.05, 0) is 37.1 Å². The van der Waals surface area contributed by atoms with Crippen LogP contribution in [0.4, 0.5) is 13.2 Å². The molecule has 2 rings (SSSR count). The molecule has 1 aromatic carbocycles. The first-order chi connectivity index (χ1) is 9.80. The lowest BCUT2D eigenvalue weighted by atomic mass is 9.60. The third-order valence-corrected chi connectivity index (χ3v) is 4.39. The van der Waals surface area contributed by atoms with Gasteiger partial charge in [-0.15, -0.1) is 13.2 Å². The van der Waals surface area contributed by atoms with E-state index in [0.717, 1.165) is 12.8 Å². The predicted octanol–water partition coefficient (Wildman–Crippen LogP) is 3.90. The molecule has 1 N–H and O–H groups in total. The molecule has 21 heavy (non-hydrogen) atoms. The predicted molar refractivity (Wildman–Crippen MR) is 71.2 cm³/mol. The molecule has 118 valence electrons. The van der Waals surface area contributed by atoms with Crippen molar-refractivity contribution in [1.29, 1.82) is 0 Å². The fourth-order valence-electron chi connectivity index (χ4n) is 2.95. The molecule has 0 radical (unpaired) electrons. The zero-order chi connectivity index (χ0) is 15.7. The van der Waals surface area contributed by atoms with E-state index in [1.807, 2.05) is 13.8 Å². The summed E-state index contributed by atoms with van der Waals surface area (Å²) in [4.78, 5) is 0. The molecule has 3 nitrogen and oxygen atoms in total. The maximum atomic E-state index is 12.1. The quantitative estimate of drug-likeness (QED) is 0.896. The molecule has 0 amide bonds. The Morgan fingerprint density at radius 2 is 1.67 bits per heavy atom. The van der Waals surface area contributed by atoms with Crippen LogP contribution >= 0.6 is 0 Å². The van der Waals surface area contributed by atoms with E-state index in [0.29, 0.717) is 12.2 Å². The van der Waals surface area contributed by atoms with E-state index in [1.165, 1.54) is 24.3 Å². The Labute approximate surface area is 121 Å². The van der Waals surface area contributed by atoms with Crippen LogP contribution < -0.4 is 9.47 Å². The molecule has 0 spiro atoms. The Hall–Kier alpha value is -1.43. The van der Waals surface area contributed by atoms with Gasteiger partial charge < -0.3 is 14.6 Å². The Kier molecular flexibility index (Phi) is 4.37. The van der Waals surface area contributed by atoms with Crippen molar-refractivity contribution in [3.63, 3.8) is 0 Å². The highest BCUT2D eigenvalue weighted by molar-refractivity contribution is 5.32. The lowest BCUT2D eigenvalue weighted by Crippen LogP contribution is -2.59. The summed E-state index contributed by atoms with van der Waals surface area (Å²) in [7, 11) is 0. The van der Waals surface area contributed by atoms with E-state index < -0.39 is 6.36 Å². The summed E-state index contributed by atoms with van der Waals surface area (Å²) in [5, 5.41) is 9.95. The van der Waals surface area contributed by atoms with E-state index in [-0.39, 0.29) is 23.4 Å². The van der Waals surface area contributed by atoms with Gasteiger partial charge in [0.05, 0.1) is 6.10 Å². The van der Waals surface area contributed by atoms with Crippen LogP contribution in [0.25, 0.3) is 0 Å². The molecule has 1 aliphatic carbocycles. The van der Waals surface area contributed by atoms with Gasteiger partial charge in [-0.25, -0.2) is 0 Å². The number of aliphatic hydroxyl groups excluding tert-OH is 1. The molecular formula is C15H19F3O3. The van der Waals surface area contributed by atoms with E-state index in [1.54, 1.807) is 0 Å². The van der Waals surface area contributed by atoms with Crippen LogP contribution in [-0.2, 0) is 0 Å². The summed E-state index contributed by atoms with van der Waals surface area (Å²) in [6, 6.07) is 5.33. The third-order valence-electron chi connectivity index (χ3n) is 4.39. The zero-order valence-electron chi connectivity index (χ0n) is 12.0. The van der Waals surface area contributed by atoms with Gasteiger partial charge in [0.1, 0.15) is 17.6 Å². The van der Waals surface area contributed by atoms with Gasteiger partial charge in [-0.1, -0.05) is 13.8 Å². The van der Waals surface area contributed by atoms with Crippen molar-refractivity contribution in [3.05, 3.63) is 24.3 Å². The van der Waals surface area contributed by atoms with Crippen LogP contribution in [0.2, 0.25) is 0 Å². The largest absolute Gasteiger partial charge is 0.573 e. The first kappa shape index (κ1) is 15.9. The lowest BCUT2D eigenvalue weighted by molar-refractivity contribution is -0.274. The van der Waals surface area contributed by atoms with Crippen molar-refractivity contribution >= 4 is 0 Å². The minimum absolute atomic E-state index is 0.114. The SMILES string of the molecule is CCC1(CC)C(O)CC1Oc1ccc(OC(F)(F)F)cc1. The highest BCUT2D eigenvalue weighted by Gasteiger charge is 2.53. The van der Waals surface area contributed by atoms with Crippen LogP contribution in [-0.4, -0.2) is 23.7 Å².